The maximum Gasteiger partial charge on any atom is 0.248 e. The average molecular weight is 562 g/mol. The molecule has 0 spiro atoms. The molecule has 1 amide bonds. The normalized spacial score (nSPS) is 21.1. The number of amides is 1. The van der Waals surface area contributed by atoms with Crippen LogP contribution >= 0.6 is 35.8 Å². The van der Waals surface area contributed by atoms with E-state index < -0.39 is 17.4 Å². The number of halogens is 1. The highest BCUT2D eigenvalue weighted by atomic mass is 35.5. The van der Waals surface area contributed by atoms with Crippen molar-refractivity contribution in [3.05, 3.63) is 105 Å². The molecule has 4 heterocycles. The lowest BCUT2D eigenvalue weighted by atomic mass is 9.75. The molecule has 2 aliphatic heterocycles. The second-order valence-corrected chi connectivity index (χ2v) is 11.0. The topological polar surface area (TPSA) is 71.5 Å². The van der Waals surface area contributed by atoms with Gasteiger partial charge in [-0.3, -0.25) is 13.9 Å². The quantitative estimate of drug-likeness (QED) is 0.212. The van der Waals surface area contributed by atoms with Gasteiger partial charge in [0.05, 0.1) is 11.4 Å². The Labute approximate surface area is 235 Å². The number of ketones is 1. The first-order valence-corrected chi connectivity index (χ1v) is 14.0. The van der Waals surface area contributed by atoms with Crippen molar-refractivity contribution in [1.29, 1.82) is 0 Å². The standard InChI is InChI=1S/C29H24ClN3O3S2/c30-21-9-2-1-8-20(21)26-22(34)16-29(33(37)28(26)35,19-13-15-38-17-19)24-11-4-12-25(32-24)36-23-10-3-6-18-7-5-14-31-27(18)23/h1-4,6,8-13,15,17,26,31,37H,5,7,14,16H2. The van der Waals surface area contributed by atoms with E-state index in [1.807, 2.05) is 41.1 Å². The number of hydrogen-bond acceptors (Lipinski definition) is 7. The number of carbonyl (C=O) groups is 2. The van der Waals surface area contributed by atoms with Gasteiger partial charge in [-0.05, 0) is 64.6 Å². The monoisotopic (exact) mass is 561 g/mol. The zero-order valence-corrected chi connectivity index (χ0v) is 22.7. The molecule has 9 heteroatoms. The number of hydrogen-bond donors (Lipinski definition) is 2. The number of Topliss-reactive ketones (excluding diaryl/α,β-unsaturated/α-hetero) is 1. The Morgan fingerprint density at radius 2 is 1.92 bits per heavy atom. The Morgan fingerprint density at radius 1 is 1.08 bits per heavy atom. The summed E-state index contributed by atoms with van der Waals surface area (Å²) in [5, 5.41) is 7.64. The lowest BCUT2D eigenvalue weighted by Crippen LogP contribution is -2.54. The Bertz CT molecular complexity index is 1530. The van der Waals surface area contributed by atoms with Crippen LogP contribution in [0.15, 0.2) is 77.5 Å². The minimum atomic E-state index is -1.21. The van der Waals surface area contributed by atoms with Gasteiger partial charge in [0.1, 0.15) is 11.5 Å². The molecule has 6 rings (SSSR count). The summed E-state index contributed by atoms with van der Waals surface area (Å²) >= 11 is 12.6. The van der Waals surface area contributed by atoms with Crippen LogP contribution in [0.25, 0.3) is 0 Å². The number of fused-ring (bicyclic) bond motifs is 1. The first-order valence-electron chi connectivity index (χ1n) is 12.3. The molecular weight excluding hydrogens is 538 g/mol. The van der Waals surface area contributed by atoms with Crippen molar-refractivity contribution in [2.75, 3.05) is 11.9 Å². The van der Waals surface area contributed by atoms with Gasteiger partial charge in [0.25, 0.3) is 0 Å². The Balaban J connectivity index is 1.41. The minimum Gasteiger partial charge on any atom is -0.437 e. The van der Waals surface area contributed by atoms with Crippen molar-refractivity contribution in [2.45, 2.75) is 30.7 Å². The number of anilines is 1. The largest absolute Gasteiger partial charge is 0.437 e. The van der Waals surface area contributed by atoms with Gasteiger partial charge >= 0.3 is 0 Å². The third-order valence-electron chi connectivity index (χ3n) is 7.18. The molecule has 2 aliphatic rings. The molecule has 2 aromatic carbocycles. The van der Waals surface area contributed by atoms with Gasteiger partial charge in [-0.1, -0.05) is 60.8 Å². The number of thiol groups is 1. The van der Waals surface area contributed by atoms with E-state index in [4.69, 9.17) is 34.1 Å². The van der Waals surface area contributed by atoms with Gasteiger partial charge in [-0.15, -0.1) is 0 Å². The fraction of sp³-hybridized carbons (Fsp3) is 0.207. The predicted molar refractivity (Wildman–Crippen MR) is 152 cm³/mol. The zero-order valence-electron chi connectivity index (χ0n) is 20.3. The van der Waals surface area contributed by atoms with E-state index in [-0.39, 0.29) is 12.2 Å². The number of nitrogens with one attached hydrogen (secondary N) is 1. The zero-order chi connectivity index (χ0) is 26.3. The fourth-order valence-electron chi connectivity index (χ4n) is 5.34. The average Bonchev–Trinajstić information content (AvgIpc) is 3.48. The van der Waals surface area contributed by atoms with Crippen molar-refractivity contribution in [2.24, 2.45) is 0 Å². The number of rotatable bonds is 5. The lowest BCUT2D eigenvalue weighted by Gasteiger charge is -2.45. The maximum atomic E-state index is 13.8. The minimum absolute atomic E-state index is 0.00634. The van der Waals surface area contributed by atoms with Gasteiger partial charge in [0, 0.05) is 24.1 Å². The third-order valence-corrected chi connectivity index (χ3v) is 8.75. The molecule has 2 unspecified atom stereocenters. The first kappa shape index (κ1) is 25.0. The molecule has 2 atom stereocenters. The molecule has 0 bridgehead atoms. The number of thiophene rings is 1. The van der Waals surface area contributed by atoms with Gasteiger partial charge < -0.3 is 10.1 Å². The number of nitrogens with zero attached hydrogens (tertiary/aromatic N) is 2. The number of benzene rings is 2. The molecule has 2 aromatic heterocycles. The van der Waals surface area contributed by atoms with E-state index in [9.17, 15) is 9.59 Å². The number of aryl methyl sites for hydroxylation is 1. The van der Waals surface area contributed by atoms with Gasteiger partial charge in [0.15, 0.2) is 11.5 Å². The van der Waals surface area contributed by atoms with E-state index in [2.05, 4.69) is 11.4 Å². The molecule has 1 saturated heterocycles. The van der Waals surface area contributed by atoms with E-state index in [1.54, 1.807) is 30.3 Å². The Kier molecular flexibility index (Phi) is 6.63. The van der Waals surface area contributed by atoms with Crippen LogP contribution in [-0.2, 0) is 21.5 Å². The SMILES string of the molecule is O=C1CC(c2ccsc2)(c2cccc(Oc3cccc4c3NCCC4)n2)N(S)C(=O)C1c1ccccc1Cl. The number of carbonyl (C=O) groups excluding carboxylic acids is 2. The highest BCUT2D eigenvalue weighted by molar-refractivity contribution is 7.78. The maximum absolute atomic E-state index is 13.8. The Hall–Kier alpha value is -3.33. The molecule has 1 N–H and O–H groups in total. The summed E-state index contributed by atoms with van der Waals surface area (Å²) in [6, 6.07) is 20.2. The van der Waals surface area contributed by atoms with Gasteiger partial charge in [0.2, 0.25) is 11.8 Å². The van der Waals surface area contributed by atoms with Crippen molar-refractivity contribution in [3.63, 3.8) is 0 Å². The summed E-state index contributed by atoms with van der Waals surface area (Å²) in [6.45, 7) is 0.882. The highest BCUT2D eigenvalue weighted by Gasteiger charge is 2.53. The first-order chi connectivity index (χ1) is 18.5. The molecule has 4 aromatic rings. The van der Waals surface area contributed by atoms with Crippen molar-refractivity contribution in [3.8, 4) is 11.6 Å². The summed E-state index contributed by atoms with van der Waals surface area (Å²) in [5.74, 6) is -0.664. The van der Waals surface area contributed by atoms with Crippen LogP contribution in [0.5, 0.6) is 11.6 Å². The van der Waals surface area contributed by atoms with E-state index in [0.29, 0.717) is 27.9 Å². The van der Waals surface area contributed by atoms with Crippen molar-refractivity contribution >= 4 is 53.1 Å². The smallest absolute Gasteiger partial charge is 0.248 e. The number of ether oxygens (including phenoxy) is 1. The fourth-order valence-corrected chi connectivity index (χ4v) is 6.71. The summed E-state index contributed by atoms with van der Waals surface area (Å²) in [6.07, 6.45) is 2.05. The molecule has 0 aliphatic carbocycles. The van der Waals surface area contributed by atoms with Crippen LogP contribution < -0.4 is 10.1 Å². The molecule has 192 valence electrons. The van der Waals surface area contributed by atoms with Gasteiger partial charge in [-0.25, -0.2) is 4.98 Å². The molecule has 6 nitrogen and oxygen atoms in total. The lowest BCUT2D eigenvalue weighted by molar-refractivity contribution is -0.142. The van der Waals surface area contributed by atoms with Crippen LogP contribution in [-0.4, -0.2) is 27.5 Å². The molecular formula is C29H24ClN3O3S2. The molecule has 0 saturated carbocycles. The van der Waals surface area contributed by atoms with E-state index >= 15 is 0 Å². The van der Waals surface area contributed by atoms with Crippen LogP contribution in [0.1, 0.15) is 41.1 Å². The van der Waals surface area contributed by atoms with E-state index in [1.165, 1.54) is 21.2 Å². The number of para-hydroxylation sites is 1. The molecule has 1 fully saturated rings. The molecule has 38 heavy (non-hydrogen) atoms. The van der Waals surface area contributed by atoms with Crippen molar-refractivity contribution < 1.29 is 14.3 Å². The van der Waals surface area contributed by atoms with Crippen LogP contribution in [0, 0.1) is 0 Å². The van der Waals surface area contributed by atoms with E-state index in [0.717, 1.165) is 30.6 Å². The molecule has 0 radical (unpaired) electrons. The summed E-state index contributed by atoms with van der Waals surface area (Å²) < 4.78 is 7.61. The third kappa shape index (κ3) is 4.17. The second kappa shape index (κ2) is 10.1. The predicted octanol–water partition coefficient (Wildman–Crippen LogP) is 6.62. The Morgan fingerprint density at radius 3 is 2.74 bits per heavy atom. The summed E-state index contributed by atoms with van der Waals surface area (Å²) in [5.41, 5.74) is 2.72. The number of piperidine rings is 1. The van der Waals surface area contributed by atoms with Gasteiger partial charge in [-0.2, -0.15) is 11.3 Å². The number of pyridine rings is 1. The highest BCUT2D eigenvalue weighted by Crippen LogP contribution is 2.48. The van der Waals surface area contributed by atoms with Crippen LogP contribution in [0.4, 0.5) is 5.69 Å². The second-order valence-electron chi connectivity index (χ2n) is 9.40. The summed E-state index contributed by atoms with van der Waals surface area (Å²) in [4.78, 5) is 32.4. The van der Waals surface area contributed by atoms with Crippen molar-refractivity contribution in [1.82, 2.24) is 9.29 Å². The number of aromatic nitrogens is 1. The van der Waals surface area contributed by atoms with Crippen LogP contribution in [0.2, 0.25) is 5.02 Å². The van der Waals surface area contributed by atoms with Crippen LogP contribution in [0.3, 0.4) is 0 Å². The summed E-state index contributed by atoms with van der Waals surface area (Å²) in [7, 11) is 0.